The van der Waals surface area contributed by atoms with Crippen LogP contribution in [0.4, 0.5) is 0 Å². The third-order valence-electron chi connectivity index (χ3n) is 5.54. The average molecular weight is 328 g/mol. The van der Waals surface area contributed by atoms with Gasteiger partial charge in [0.2, 0.25) is 0 Å². The Morgan fingerprint density at radius 1 is 1.04 bits per heavy atom. The van der Waals surface area contributed by atoms with E-state index in [4.69, 9.17) is 9.31 Å². The monoisotopic (exact) mass is 328 g/mol. The van der Waals surface area contributed by atoms with Gasteiger partial charge in [0.05, 0.1) is 11.2 Å². The lowest BCUT2D eigenvalue weighted by Crippen LogP contribution is -2.41. The number of benzene rings is 1. The molecule has 1 unspecified atom stereocenters. The summed E-state index contributed by atoms with van der Waals surface area (Å²) in [6.07, 6.45) is 3.26. The maximum atomic E-state index is 6.23. The molecule has 24 heavy (non-hydrogen) atoms. The summed E-state index contributed by atoms with van der Waals surface area (Å²) in [4.78, 5) is 0. The zero-order chi connectivity index (χ0) is 18.2. The Morgan fingerprint density at radius 3 is 2.00 bits per heavy atom. The van der Waals surface area contributed by atoms with Gasteiger partial charge in [0.25, 0.3) is 0 Å². The molecule has 0 N–H and O–H groups in total. The predicted octanol–water partition coefficient (Wildman–Crippen LogP) is 5.84. The van der Waals surface area contributed by atoms with E-state index < -0.39 is 0 Å². The number of rotatable bonds is 4. The topological polar surface area (TPSA) is 18.5 Å². The summed E-state index contributed by atoms with van der Waals surface area (Å²) in [5, 5.41) is 0. The molecule has 0 bridgehead atoms. The summed E-state index contributed by atoms with van der Waals surface area (Å²) >= 11 is 0. The van der Waals surface area contributed by atoms with Crippen LogP contribution in [0.3, 0.4) is 0 Å². The highest BCUT2D eigenvalue weighted by Gasteiger charge is 2.51. The van der Waals surface area contributed by atoms with Crippen molar-refractivity contribution in [1.82, 2.24) is 0 Å². The van der Waals surface area contributed by atoms with E-state index in [0.717, 1.165) is 6.32 Å². The minimum atomic E-state index is -0.266. The van der Waals surface area contributed by atoms with Gasteiger partial charge < -0.3 is 9.31 Å². The molecule has 1 aliphatic rings. The van der Waals surface area contributed by atoms with E-state index in [1.54, 1.807) is 0 Å². The molecule has 0 amide bonds. The quantitative estimate of drug-likeness (QED) is 0.646. The molecular weight excluding hydrogens is 295 g/mol. The molecular formula is C21H33BO2. The first-order chi connectivity index (χ1) is 10.9. The average Bonchev–Trinajstić information content (AvgIpc) is 2.65. The minimum Gasteiger partial charge on any atom is -0.403 e. The van der Waals surface area contributed by atoms with Crippen molar-refractivity contribution in [2.75, 3.05) is 0 Å². The van der Waals surface area contributed by atoms with Crippen molar-refractivity contribution in [3.8, 4) is 0 Å². The molecule has 1 atom stereocenters. The van der Waals surface area contributed by atoms with Gasteiger partial charge in [-0.3, -0.25) is 0 Å². The van der Waals surface area contributed by atoms with Crippen LogP contribution < -0.4 is 0 Å². The highest BCUT2D eigenvalue weighted by atomic mass is 16.7. The Labute approximate surface area is 148 Å². The van der Waals surface area contributed by atoms with Gasteiger partial charge in [0, 0.05) is 0 Å². The summed E-state index contributed by atoms with van der Waals surface area (Å²) < 4.78 is 12.5. The smallest absolute Gasteiger partial charge is 0.403 e. The molecule has 132 valence electrons. The van der Waals surface area contributed by atoms with E-state index in [1.807, 2.05) is 0 Å². The van der Waals surface area contributed by atoms with Crippen LogP contribution in [0, 0.1) is 11.3 Å². The first-order valence-electron chi connectivity index (χ1n) is 9.02. The molecule has 2 nitrogen and oxygen atoms in total. The fourth-order valence-electron chi connectivity index (χ4n) is 3.04. The molecule has 1 fully saturated rings. The van der Waals surface area contributed by atoms with Gasteiger partial charge in [-0.2, -0.15) is 0 Å². The van der Waals surface area contributed by atoms with Crippen LogP contribution >= 0.6 is 0 Å². The van der Waals surface area contributed by atoms with Gasteiger partial charge in [-0.25, -0.2) is 0 Å². The summed E-state index contributed by atoms with van der Waals surface area (Å²) in [6, 6.07) is 10.6. The minimum absolute atomic E-state index is 0.152. The maximum absolute atomic E-state index is 6.23. The van der Waals surface area contributed by atoms with Crippen LogP contribution in [0.15, 0.2) is 36.4 Å². The fraction of sp³-hybridized carbons (Fsp3) is 0.619. The highest BCUT2D eigenvalue weighted by Crippen LogP contribution is 2.41. The van der Waals surface area contributed by atoms with Gasteiger partial charge in [0.1, 0.15) is 0 Å². The third-order valence-corrected chi connectivity index (χ3v) is 5.54. The Morgan fingerprint density at radius 2 is 1.54 bits per heavy atom. The molecule has 2 rings (SSSR count). The fourth-order valence-corrected chi connectivity index (χ4v) is 3.04. The Kier molecular flexibility index (Phi) is 5.37. The van der Waals surface area contributed by atoms with Crippen molar-refractivity contribution in [2.45, 2.75) is 72.9 Å². The molecule has 3 heteroatoms. The Hall–Kier alpha value is -1.06. The summed E-state index contributed by atoms with van der Waals surface area (Å²) in [6.45, 7) is 17.5. The molecule has 0 aromatic heterocycles. The van der Waals surface area contributed by atoms with Crippen molar-refractivity contribution in [2.24, 2.45) is 11.3 Å². The van der Waals surface area contributed by atoms with Gasteiger partial charge in [-0.1, -0.05) is 57.2 Å². The second-order valence-electron chi connectivity index (χ2n) is 9.11. The summed E-state index contributed by atoms with van der Waals surface area (Å²) in [7, 11) is -0.154. The molecule has 0 saturated carbocycles. The van der Waals surface area contributed by atoms with E-state index in [2.05, 4.69) is 91.8 Å². The molecule has 1 heterocycles. The van der Waals surface area contributed by atoms with E-state index >= 15 is 0 Å². The second kappa shape index (κ2) is 6.69. The van der Waals surface area contributed by atoms with Crippen LogP contribution in [-0.4, -0.2) is 18.3 Å². The van der Waals surface area contributed by atoms with E-state index in [1.165, 1.54) is 11.1 Å². The molecule has 1 aromatic rings. The normalized spacial score (nSPS) is 21.8. The van der Waals surface area contributed by atoms with Crippen LogP contribution in [0.1, 0.15) is 61.0 Å². The maximum Gasteiger partial charge on any atom is 0.458 e. The number of hydrogen-bond donors (Lipinski definition) is 0. The van der Waals surface area contributed by atoms with Crippen molar-refractivity contribution in [3.05, 3.63) is 42.0 Å². The lowest BCUT2D eigenvalue weighted by Gasteiger charge is -2.32. The Balaban J connectivity index is 2.19. The molecule has 1 saturated heterocycles. The van der Waals surface area contributed by atoms with Crippen LogP contribution in [0.5, 0.6) is 0 Å². The lowest BCUT2D eigenvalue weighted by atomic mass is 9.67. The van der Waals surface area contributed by atoms with Crippen molar-refractivity contribution in [3.63, 3.8) is 0 Å². The zero-order valence-corrected chi connectivity index (χ0v) is 16.6. The largest absolute Gasteiger partial charge is 0.458 e. The van der Waals surface area contributed by atoms with E-state index in [9.17, 15) is 0 Å². The number of allylic oxidation sites excluding steroid dienone is 2. The van der Waals surface area contributed by atoms with Gasteiger partial charge >= 0.3 is 7.12 Å². The first-order valence-corrected chi connectivity index (χ1v) is 9.02. The third kappa shape index (κ3) is 4.31. The molecule has 0 aliphatic carbocycles. The van der Waals surface area contributed by atoms with E-state index in [0.29, 0.717) is 5.92 Å². The molecule has 1 aliphatic heterocycles. The SMILES string of the molecule is C/C(=C\C(CB1OC(C)(C)C(C)(C)O1)C(C)(C)C)c1ccccc1. The standard InChI is InChI=1S/C21H33BO2/c1-16(17-12-10-9-11-13-17)14-18(19(2,3)4)15-22-23-20(5,6)21(7,8)24-22/h9-14,18H,15H2,1-8H3/b16-14+. The van der Waals surface area contributed by atoms with Crippen LogP contribution in [0.2, 0.25) is 6.32 Å². The Bertz CT molecular complexity index is 566. The number of hydrogen-bond acceptors (Lipinski definition) is 2. The van der Waals surface area contributed by atoms with Crippen LogP contribution in [-0.2, 0) is 9.31 Å². The van der Waals surface area contributed by atoms with Crippen LogP contribution in [0.25, 0.3) is 5.57 Å². The summed E-state index contributed by atoms with van der Waals surface area (Å²) in [5.41, 5.74) is 2.21. The van der Waals surface area contributed by atoms with E-state index in [-0.39, 0.29) is 23.7 Å². The molecule has 0 spiro atoms. The first kappa shape index (κ1) is 19.3. The lowest BCUT2D eigenvalue weighted by molar-refractivity contribution is 0.00578. The summed E-state index contributed by atoms with van der Waals surface area (Å²) in [5.74, 6) is 0.382. The van der Waals surface area contributed by atoms with Crippen molar-refractivity contribution < 1.29 is 9.31 Å². The second-order valence-corrected chi connectivity index (χ2v) is 9.11. The van der Waals surface area contributed by atoms with Gasteiger partial charge in [-0.15, -0.1) is 0 Å². The molecule has 1 aromatic carbocycles. The molecule has 0 radical (unpaired) electrons. The predicted molar refractivity (Wildman–Crippen MR) is 104 cm³/mol. The van der Waals surface area contributed by atoms with Gasteiger partial charge in [-0.05, 0) is 63.4 Å². The zero-order valence-electron chi connectivity index (χ0n) is 16.6. The van der Waals surface area contributed by atoms with Crippen molar-refractivity contribution >= 4 is 12.7 Å². The highest BCUT2D eigenvalue weighted by molar-refractivity contribution is 6.45. The van der Waals surface area contributed by atoms with Crippen molar-refractivity contribution in [1.29, 1.82) is 0 Å². The van der Waals surface area contributed by atoms with Gasteiger partial charge in [0.15, 0.2) is 0 Å².